The first kappa shape index (κ1) is 21.4. The minimum absolute atomic E-state index is 0.0181. The molecule has 1 amide bonds. The van der Waals surface area contributed by atoms with Crippen LogP contribution in [0.2, 0.25) is 0 Å². The van der Waals surface area contributed by atoms with Gasteiger partial charge >= 0.3 is 0 Å². The minimum Gasteiger partial charge on any atom is -0.504 e. The van der Waals surface area contributed by atoms with Gasteiger partial charge in [-0.1, -0.05) is 18.2 Å². The van der Waals surface area contributed by atoms with Gasteiger partial charge in [0.1, 0.15) is 5.82 Å². The van der Waals surface area contributed by atoms with Crippen molar-refractivity contribution in [1.82, 2.24) is 4.90 Å². The summed E-state index contributed by atoms with van der Waals surface area (Å²) in [5.41, 5.74) is 1.24. The van der Waals surface area contributed by atoms with Gasteiger partial charge in [0, 0.05) is 30.9 Å². The first-order valence-electron chi connectivity index (χ1n) is 10.8. The van der Waals surface area contributed by atoms with Crippen molar-refractivity contribution in [3.05, 3.63) is 66.0 Å². The van der Waals surface area contributed by atoms with Gasteiger partial charge in [0.2, 0.25) is 0 Å². The lowest BCUT2D eigenvalue weighted by molar-refractivity contribution is -0.114. The second kappa shape index (κ2) is 8.35. The summed E-state index contributed by atoms with van der Waals surface area (Å²) in [6.07, 6.45) is 5.12. The SMILES string of the molecule is CC(C)Oc1cc(CN2CCC3(C=CC(=O)N3c3cccc(F)c3)CC2C)ccc1O. The maximum Gasteiger partial charge on any atom is 0.251 e. The van der Waals surface area contributed by atoms with E-state index in [2.05, 4.69) is 11.8 Å². The van der Waals surface area contributed by atoms with Crippen molar-refractivity contribution in [1.29, 1.82) is 0 Å². The van der Waals surface area contributed by atoms with Gasteiger partial charge in [0.05, 0.1) is 11.6 Å². The Morgan fingerprint density at radius 2 is 2.06 bits per heavy atom. The molecule has 1 spiro atoms. The van der Waals surface area contributed by atoms with Crippen LogP contribution in [-0.2, 0) is 11.3 Å². The molecule has 1 saturated heterocycles. The van der Waals surface area contributed by atoms with E-state index in [0.29, 0.717) is 11.4 Å². The Kier molecular flexibility index (Phi) is 5.75. The van der Waals surface area contributed by atoms with Gasteiger partial charge in [-0.3, -0.25) is 14.6 Å². The summed E-state index contributed by atoms with van der Waals surface area (Å²) in [5.74, 6) is 0.198. The van der Waals surface area contributed by atoms with Crippen LogP contribution in [0.4, 0.5) is 10.1 Å². The van der Waals surface area contributed by atoms with E-state index in [1.54, 1.807) is 29.2 Å². The molecule has 0 saturated carbocycles. The second-order valence-electron chi connectivity index (χ2n) is 8.83. The number of piperidine rings is 1. The highest BCUT2D eigenvalue weighted by Gasteiger charge is 2.46. The van der Waals surface area contributed by atoms with Crippen molar-refractivity contribution in [2.75, 3.05) is 11.4 Å². The number of carbonyl (C=O) groups excluding carboxylic acids is 1. The Morgan fingerprint density at radius 1 is 1.26 bits per heavy atom. The highest BCUT2D eigenvalue weighted by atomic mass is 19.1. The third-order valence-electron chi connectivity index (χ3n) is 6.14. The molecule has 2 aliphatic heterocycles. The monoisotopic (exact) mass is 424 g/mol. The normalized spacial score (nSPS) is 23.8. The van der Waals surface area contributed by atoms with Crippen LogP contribution in [0.1, 0.15) is 39.2 Å². The lowest BCUT2D eigenvalue weighted by Gasteiger charge is -2.47. The highest BCUT2D eigenvalue weighted by molar-refractivity contribution is 6.06. The van der Waals surface area contributed by atoms with E-state index in [1.807, 2.05) is 32.1 Å². The van der Waals surface area contributed by atoms with Gasteiger partial charge in [-0.2, -0.15) is 0 Å². The molecule has 0 radical (unpaired) electrons. The predicted octanol–water partition coefficient (Wildman–Crippen LogP) is 4.64. The zero-order valence-electron chi connectivity index (χ0n) is 18.2. The van der Waals surface area contributed by atoms with E-state index < -0.39 is 5.54 Å². The number of ether oxygens (including phenoxy) is 1. The van der Waals surface area contributed by atoms with E-state index in [0.717, 1.165) is 31.5 Å². The van der Waals surface area contributed by atoms with Gasteiger partial charge in [-0.05, 0) is 69.5 Å². The number of carbonyl (C=O) groups is 1. The third kappa shape index (κ3) is 4.30. The van der Waals surface area contributed by atoms with Gasteiger partial charge < -0.3 is 9.84 Å². The van der Waals surface area contributed by atoms with Crippen LogP contribution < -0.4 is 9.64 Å². The molecule has 2 aromatic rings. The first-order valence-corrected chi connectivity index (χ1v) is 10.8. The summed E-state index contributed by atoms with van der Waals surface area (Å²) in [4.78, 5) is 16.8. The zero-order valence-corrected chi connectivity index (χ0v) is 18.2. The molecule has 1 N–H and O–H groups in total. The number of aromatic hydroxyl groups is 1. The number of halogens is 1. The Balaban J connectivity index is 1.51. The summed E-state index contributed by atoms with van der Waals surface area (Å²) in [6.45, 7) is 7.54. The van der Waals surface area contributed by atoms with Gasteiger partial charge in [-0.25, -0.2) is 4.39 Å². The fraction of sp³-hybridized carbons (Fsp3) is 0.400. The van der Waals surface area contributed by atoms with E-state index in [-0.39, 0.29) is 29.6 Å². The minimum atomic E-state index is -0.429. The number of nitrogens with zero attached hydrogens (tertiary/aromatic N) is 2. The molecule has 0 aromatic heterocycles. The van der Waals surface area contributed by atoms with E-state index >= 15 is 0 Å². The van der Waals surface area contributed by atoms with Crippen LogP contribution in [0, 0.1) is 5.82 Å². The summed E-state index contributed by atoms with van der Waals surface area (Å²) in [5, 5.41) is 10.1. The van der Waals surface area contributed by atoms with Crippen molar-refractivity contribution < 1.29 is 19.0 Å². The number of likely N-dealkylation sites (tertiary alicyclic amines) is 1. The fourth-order valence-electron chi connectivity index (χ4n) is 4.72. The fourth-order valence-corrected chi connectivity index (χ4v) is 4.72. The molecule has 1 fully saturated rings. The number of hydrogen-bond donors (Lipinski definition) is 1. The molecular formula is C25H29FN2O3. The van der Waals surface area contributed by atoms with Crippen molar-refractivity contribution in [3.63, 3.8) is 0 Å². The third-order valence-corrected chi connectivity index (χ3v) is 6.14. The van der Waals surface area contributed by atoms with Crippen LogP contribution in [0.25, 0.3) is 0 Å². The van der Waals surface area contributed by atoms with Crippen LogP contribution in [-0.4, -0.2) is 40.1 Å². The molecule has 0 aliphatic carbocycles. The summed E-state index contributed by atoms with van der Waals surface area (Å²) < 4.78 is 19.5. The Labute approximate surface area is 182 Å². The molecule has 4 rings (SSSR count). The zero-order chi connectivity index (χ0) is 22.2. The molecule has 2 aromatic carbocycles. The molecule has 2 heterocycles. The molecule has 6 heteroatoms. The second-order valence-corrected chi connectivity index (χ2v) is 8.83. The van der Waals surface area contributed by atoms with Gasteiger partial charge in [0.25, 0.3) is 5.91 Å². The van der Waals surface area contributed by atoms with Gasteiger partial charge in [0.15, 0.2) is 11.5 Å². The maximum absolute atomic E-state index is 13.8. The molecule has 2 unspecified atom stereocenters. The number of hydrogen-bond acceptors (Lipinski definition) is 4. The van der Waals surface area contributed by atoms with Crippen molar-refractivity contribution in [2.24, 2.45) is 0 Å². The van der Waals surface area contributed by atoms with Crippen LogP contribution >= 0.6 is 0 Å². The summed E-state index contributed by atoms with van der Waals surface area (Å²) in [6, 6.07) is 11.9. The molecular weight excluding hydrogens is 395 g/mol. The van der Waals surface area contributed by atoms with E-state index in [9.17, 15) is 14.3 Å². The molecule has 2 atom stereocenters. The van der Waals surface area contributed by atoms with E-state index in [1.165, 1.54) is 12.1 Å². The van der Waals surface area contributed by atoms with Crippen LogP contribution in [0.3, 0.4) is 0 Å². The molecule has 5 nitrogen and oxygen atoms in total. The Morgan fingerprint density at radius 3 is 2.77 bits per heavy atom. The molecule has 31 heavy (non-hydrogen) atoms. The largest absolute Gasteiger partial charge is 0.504 e. The standard InChI is InChI=1S/C25H29FN2O3/c1-17(2)31-23-13-19(7-8-22(23)29)16-27-12-11-25(15-18(27)3)10-9-24(30)28(25)21-6-4-5-20(26)14-21/h4-10,13-14,17-18,29H,11-12,15-16H2,1-3H3. The number of benzene rings is 2. The van der Waals surface area contributed by atoms with Gasteiger partial charge in [-0.15, -0.1) is 0 Å². The number of phenols is 1. The topological polar surface area (TPSA) is 53.0 Å². The number of rotatable bonds is 5. The lowest BCUT2D eigenvalue weighted by Crippen LogP contribution is -2.56. The lowest BCUT2D eigenvalue weighted by atomic mass is 9.82. The quantitative estimate of drug-likeness (QED) is 0.760. The maximum atomic E-state index is 13.8. The predicted molar refractivity (Wildman–Crippen MR) is 119 cm³/mol. The Bertz CT molecular complexity index is 1010. The first-order chi connectivity index (χ1) is 14.8. The number of anilines is 1. The number of amides is 1. The summed E-state index contributed by atoms with van der Waals surface area (Å²) in [7, 11) is 0. The van der Waals surface area contributed by atoms with E-state index in [4.69, 9.17) is 4.74 Å². The van der Waals surface area contributed by atoms with Crippen LogP contribution in [0.15, 0.2) is 54.6 Å². The smallest absolute Gasteiger partial charge is 0.251 e. The van der Waals surface area contributed by atoms with Crippen LogP contribution in [0.5, 0.6) is 11.5 Å². The highest BCUT2D eigenvalue weighted by Crippen LogP contribution is 2.41. The molecule has 0 bridgehead atoms. The average molecular weight is 425 g/mol. The van der Waals surface area contributed by atoms with Crippen molar-refractivity contribution in [2.45, 2.75) is 57.8 Å². The van der Waals surface area contributed by atoms with Crippen molar-refractivity contribution >= 4 is 11.6 Å². The Hall–Kier alpha value is -2.86. The van der Waals surface area contributed by atoms with Crippen molar-refractivity contribution in [3.8, 4) is 11.5 Å². The summed E-state index contributed by atoms with van der Waals surface area (Å²) >= 11 is 0. The molecule has 2 aliphatic rings. The molecule has 164 valence electrons. The average Bonchev–Trinajstić information content (AvgIpc) is 3.02. The number of phenolic OH excluding ortho intramolecular Hbond substituents is 1.